The van der Waals surface area contributed by atoms with Crippen molar-refractivity contribution in [3.63, 3.8) is 0 Å². The highest BCUT2D eigenvalue weighted by atomic mass is 35.5. The van der Waals surface area contributed by atoms with Crippen LogP contribution in [0, 0.1) is 0 Å². The molecule has 1 rings (SSSR count). The van der Waals surface area contributed by atoms with E-state index in [4.69, 9.17) is 16.7 Å². The van der Waals surface area contributed by atoms with E-state index >= 15 is 0 Å². The van der Waals surface area contributed by atoms with Crippen molar-refractivity contribution in [1.82, 2.24) is 5.32 Å². The molecule has 1 aromatic rings. The fraction of sp³-hybridized carbons (Fsp3) is 0.273. The molecule has 1 unspecified atom stereocenters. The number of carboxylic acids is 1. The normalized spacial score (nSPS) is 12.2. The molecule has 2 N–H and O–H groups in total. The lowest BCUT2D eigenvalue weighted by Gasteiger charge is -2.13. The number of alkyl halides is 2. The van der Waals surface area contributed by atoms with Gasteiger partial charge < -0.3 is 10.4 Å². The fourth-order valence-corrected chi connectivity index (χ4v) is 1.46. The summed E-state index contributed by atoms with van der Waals surface area (Å²) in [5.74, 6) is -2.27. The molecular formula is C11H10ClF2NO3. The van der Waals surface area contributed by atoms with Gasteiger partial charge in [0.2, 0.25) is 6.43 Å². The first kappa shape index (κ1) is 14.4. The maximum Gasteiger partial charge on any atom is 0.326 e. The zero-order chi connectivity index (χ0) is 13.7. The summed E-state index contributed by atoms with van der Waals surface area (Å²) in [6, 6.07) is 4.13. The standard InChI is InChI=1S/C11H10ClF2NO3/c12-7-3-1-2-6(4-7)10(16)15-8(11(17)18)5-9(13)14/h1-4,8-9H,5H2,(H,15,16)(H,17,18). The first-order chi connectivity index (χ1) is 8.40. The summed E-state index contributed by atoms with van der Waals surface area (Å²) in [7, 11) is 0. The minimum absolute atomic E-state index is 0.114. The van der Waals surface area contributed by atoms with Crippen LogP contribution in [-0.4, -0.2) is 29.5 Å². The molecule has 0 aliphatic rings. The lowest BCUT2D eigenvalue weighted by molar-refractivity contribution is -0.140. The molecule has 98 valence electrons. The predicted octanol–water partition coefficient (Wildman–Crippen LogP) is 2.18. The van der Waals surface area contributed by atoms with E-state index in [0.717, 1.165) is 0 Å². The molecule has 0 aromatic heterocycles. The second kappa shape index (κ2) is 6.30. The van der Waals surface area contributed by atoms with Gasteiger partial charge in [0, 0.05) is 17.0 Å². The first-order valence-corrected chi connectivity index (χ1v) is 5.35. The Kier molecular flexibility index (Phi) is 5.03. The average molecular weight is 278 g/mol. The zero-order valence-corrected chi connectivity index (χ0v) is 9.82. The number of hydrogen-bond donors (Lipinski definition) is 2. The van der Waals surface area contributed by atoms with Gasteiger partial charge in [-0.15, -0.1) is 0 Å². The summed E-state index contributed by atoms with van der Waals surface area (Å²) in [4.78, 5) is 22.3. The molecular weight excluding hydrogens is 268 g/mol. The van der Waals surface area contributed by atoms with Gasteiger partial charge in [-0.25, -0.2) is 13.6 Å². The van der Waals surface area contributed by atoms with Crippen molar-refractivity contribution in [2.45, 2.75) is 18.9 Å². The largest absolute Gasteiger partial charge is 0.480 e. The summed E-state index contributed by atoms with van der Waals surface area (Å²) < 4.78 is 24.3. The van der Waals surface area contributed by atoms with E-state index in [9.17, 15) is 18.4 Å². The van der Waals surface area contributed by atoms with E-state index in [2.05, 4.69) is 0 Å². The summed E-state index contributed by atoms with van der Waals surface area (Å²) in [6.45, 7) is 0. The van der Waals surface area contributed by atoms with Crippen LogP contribution in [0.4, 0.5) is 8.78 Å². The molecule has 0 spiro atoms. The van der Waals surface area contributed by atoms with Gasteiger partial charge in [-0.3, -0.25) is 4.79 Å². The molecule has 7 heteroatoms. The van der Waals surface area contributed by atoms with Crippen LogP contribution in [-0.2, 0) is 4.79 Å². The summed E-state index contributed by atoms with van der Waals surface area (Å²) >= 11 is 5.66. The third-order valence-electron chi connectivity index (χ3n) is 2.10. The van der Waals surface area contributed by atoms with Crippen molar-refractivity contribution >= 4 is 23.5 Å². The smallest absolute Gasteiger partial charge is 0.326 e. The van der Waals surface area contributed by atoms with Crippen LogP contribution in [0.1, 0.15) is 16.8 Å². The number of carbonyl (C=O) groups is 2. The van der Waals surface area contributed by atoms with E-state index in [-0.39, 0.29) is 5.56 Å². The second-order valence-electron chi connectivity index (χ2n) is 3.50. The first-order valence-electron chi connectivity index (χ1n) is 4.97. The van der Waals surface area contributed by atoms with Crippen molar-refractivity contribution in [2.75, 3.05) is 0 Å². The fourth-order valence-electron chi connectivity index (χ4n) is 1.27. The third kappa shape index (κ3) is 4.29. The minimum Gasteiger partial charge on any atom is -0.480 e. The minimum atomic E-state index is -2.81. The lowest BCUT2D eigenvalue weighted by Crippen LogP contribution is -2.42. The van der Waals surface area contributed by atoms with Gasteiger partial charge in [0.25, 0.3) is 5.91 Å². The Bertz CT molecular complexity index is 454. The molecule has 0 fully saturated rings. The van der Waals surface area contributed by atoms with Gasteiger partial charge >= 0.3 is 5.97 Å². The zero-order valence-electron chi connectivity index (χ0n) is 9.07. The van der Waals surface area contributed by atoms with Gasteiger partial charge in [-0.2, -0.15) is 0 Å². The number of carboxylic acid groups (broad SMARTS) is 1. The lowest BCUT2D eigenvalue weighted by atomic mass is 10.1. The van der Waals surface area contributed by atoms with Gasteiger partial charge in [0.1, 0.15) is 6.04 Å². The van der Waals surface area contributed by atoms with E-state index in [1.54, 1.807) is 0 Å². The highest BCUT2D eigenvalue weighted by Gasteiger charge is 2.24. The van der Waals surface area contributed by atoms with Crippen LogP contribution < -0.4 is 5.32 Å². The van der Waals surface area contributed by atoms with Crippen LogP contribution in [0.15, 0.2) is 24.3 Å². The highest BCUT2D eigenvalue weighted by Crippen LogP contribution is 2.11. The number of benzene rings is 1. The third-order valence-corrected chi connectivity index (χ3v) is 2.34. The molecule has 4 nitrogen and oxygen atoms in total. The van der Waals surface area contributed by atoms with Crippen molar-refractivity contribution in [3.8, 4) is 0 Å². The van der Waals surface area contributed by atoms with E-state index < -0.39 is 30.8 Å². The van der Waals surface area contributed by atoms with Gasteiger partial charge in [0.15, 0.2) is 0 Å². The molecule has 0 radical (unpaired) electrons. The number of rotatable bonds is 5. The molecule has 1 amide bonds. The van der Waals surface area contributed by atoms with Crippen molar-refractivity contribution in [3.05, 3.63) is 34.9 Å². The summed E-state index contributed by atoms with van der Waals surface area (Å²) in [5, 5.41) is 11.0. The Labute approximate surface area is 107 Å². The number of hydrogen-bond acceptors (Lipinski definition) is 2. The molecule has 0 bridgehead atoms. The van der Waals surface area contributed by atoms with E-state index in [0.29, 0.717) is 5.02 Å². The van der Waals surface area contributed by atoms with E-state index in [1.807, 2.05) is 5.32 Å². The second-order valence-corrected chi connectivity index (χ2v) is 3.94. The predicted molar refractivity (Wildman–Crippen MR) is 61.0 cm³/mol. The average Bonchev–Trinajstić information content (AvgIpc) is 2.27. The Morgan fingerprint density at radius 1 is 1.39 bits per heavy atom. The molecule has 0 saturated heterocycles. The number of halogens is 3. The maximum atomic E-state index is 12.1. The Morgan fingerprint density at radius 3 is 2.56 bits per heavy atom. The van der Waals surface area contributed by atoms with Crippen LogP contribution in [0.2, 0.25) is 5.02 Å². The molecule has 1 atom stereocenters. The molecule has 18 heavy (non-hydrogen) atoms. The topological polar surface area (TPSA) is 66.4 Å². The molecule has 0 aliphatic heterocycles. The van der Waals surface area contributed by atoms with Crippen molar-refractivity contribution in [1.29, 1.82) is 0 Å². The Morgan fingerprint density at radius 2 is 2.06 bits per heavy atom. The monoisotopic (exact) mass is 277 g/mol. The maximum absolute atomic E-state index is 12.1. The summed E-state index contributed by atoms with van der Waals surface area (Å²) in [6.07, 6.45) is -3.76. The van der Waals surface area contributed by atoms with Crippen LogP contribution in [0.25, 0.3) is 0 Å². The van der Waals surface area contributed by atoms with Gasteiger partial charge in [-0.1, -0.05) is 17.7 Å². The van der Waals surface area contributed by atoms with Gasteiger partial charge in [-0.05, 0) is 18.2 Å². The van der Waals surface area contributed by atoms with E-state index in [1.165, 1.54) is 24.3 Å². The molecule has 0 aliphatic carbocycles. The number of nitrogens with one attached hydrogen (secondary N) is 1. The Hall–Kier alpha value is -1.69. The highest BCUT2D eigenvalue weighted by molar-refractivity contribution is 6.30. The van der Waals surface area contributed by atoms with Crippen LogP contribution >= 0.6 is 11.6 Å². The molecule has 0 saturated carbocycles. The summed E-state index contributed by atoms with van der Waals surface area (Å²) in [5.41, 5.74) is 0.114. The van der Waals surface area contributed by atoms with Crippen molar-refractivity contribution < 1.29 is 23.5 Å². The number of carbonyl (C=O) groups excluding carboxylic acids is 1. The van der Waals surface area contributed by atoms with Crippen molar-refractivity contribution in [2.24, 2.45) is 0 Å². The molecule has 0 heterocycles. The van der Waals surface area contributed by atoms with Crippen LogP contribution in [0.3, 0.4) is 0 Å². The molecule has 1 aromatic carbocycles. The number of amides is 1. The Balaban J connectivity index is 2.75. The number of aliphatic carboxylic acids is 1. The SMILES string of the molecule is O=C(NC(CC(F)F)C(=O)O)c1cccc(Cl)c1. The quantitative estimate of drug-likeness (QED) is 0.867. The van der Waals surface area contributed by atoms with Crippen LogP contribution in [0.5, 0.6) is 0 Å². The van der Waals surface area contributed by atoms with Gasteiger partial charge in [0.05, 0.1) is 0 Å².